The van der Waals surface area contributed by atoms with Crippen molar-refractivity contribution >= 4 is 28.1 Å². The van der Waals surface area contributed by atoms with Gasteiger partial charge in [0.1, 0.15) is 0 Å². The molecule has 0 aromatic carbocycles. The lowest BCUT2D eigenvalue weighted by molar-refractivity contribution is -0.116. The fourth-order valence-electron chi connectivity index (χ4n) is 1.09. The molecule has 0 heterocycles. The largest absolute Gasteiger partial charge is 0.501 e. The number of carbonyl (C=O) groups excluding carboxylic acids is 1. The molecular formula is C12H17BrN2O2. The molecule has 5 heteroatoms. The minimum absolute atomic E-state index is 0.272. The predicted molar refractivity (Wildman–Crippen MR) is 73.3 cm³/mol. The number of methoxy groups -OCH3 is 1. The Labute approximate surface area is 110 Å². The highest BCUT2D eigenvalue weighted by molar-refractivity contribution is 9.12. The van der Waals surface area contributed by atoms with Crippen LogP contribution >= 0.6 is 15.9 Å². The molecule has 0 aliphatic heterocycles. The number of carbonyl (C=O) groups is 1. The van der Waals surface area contributed by atoms with Gasteiger partial charge in [0.25, 0.3) is 5.91 Å². The Kier molecular flexibility index (Phi) is 7.21. The highest BCUT2D eigenvalue weighted by Crippen LogP contribution is 2.23. The van der Waals surface area contributed by atoms with Crippen LogP contribution in [0.2, 0.25) is 0 Å². The molecule has 17 heavy (non-hydrogen) atoms. The van der Waals surface area contributed by atoms with Crippen LogP contribution in [0.15, 0.2) is 33.5 Å². The van der Waals surface area contributed by atoms with Gasteiger partial charge in [-0.1, -0.05) is 22.0 Å². The summed E-state index contributed by atoms with van der Waals surface area (Å²) in [5.41, 5.74) is 0.884. The van der Waals surface area contributed by atoms with E-state index in [4.69, 9.17) is 10.1 Å². The number of amides is 1. The van der Waals surface area contributed by atoms with E-state index in [1.165, 1.54) is 7.05 Å². The Morgan fingerprint density at radius 3 is 2.35 bits per heavy atom. The minimum atomic E-state index is -0.311. The van der Waals surface area contributed by atoms with E-state index in [1.54, 1.807) is 26.2 Å². The van der Waals surface area contributed by atoms with Crippen molar-refractivity contribution in [1.82, 2.24) is 5.32 Å². The molecule has 0 unspecified atom stereocenters. The molecule has 0 bridgehead atoms. The summed E-state index contributed by atoms with van der Waals surface area (Å²) in [4.78, 5) is 11.6. The zero-order valence-electron chi connectivity index (χ0n) is 10.4. The number of likely N-dealkylation sites (N-methyl/N-ethyl adjacent to an activating group) is 1. The van der Waals surface area contributed by atoms with Crippen LogP contribution in [0.4, 0.5) is 0 Å². The molecular weight excluding hydrogens is 284 g/mol. The molecule has 2 N–H and O–H groups in total. The average Bonchev–Trinajstić information content (AvgIpc) is 2.36. The maximum atomic E-state index is 11.6. The maximum Gasteiger partial charge on any atom is 0.253 e. The number of allylic oxidation sites excluding steroid dienone is 5. The van der Waals surface area contributed by atoms with Crippen LogP contribution in [-0.2, 0) is 9.53 Å². The summed E-state index contributed by atoms with van der Waals surface area (Å²) in [7, 11) is 3.08. The number of hydrogen-bond acceptors (Lipinski definition) is 3. The van der Waals surface area contributed by atoms with E-state index in [-0.39, 0.29) is 11.5 Å². The Morgan fingerprint density at radius 1 is 1.41 bits per heavy atom. The second kappa shape index (κ2) is 7.84. The standard InChI is InChI=1S/C12H17BrN2O2/c1-5-11(13)9(6-8(2)17-4)10(7-14)12(16)15-3/h5-7,14H,1-4H3,(H,15,16)/b8-6+,10-9?,11-5+,14-7?. The van der Waals surface area contributed by atoms with Crippen LogP contribution in [0.25, 0.3) is 0 Å². The van der Waals surface area contributed by atoms with E-state index in [1.807, 2.05) is 6.92 Å². The van der Waals surface area contributed by atoms with Gasteiger partial charge >= 0.3 is 0 Å². The lowest BCUT2D eigenvalue weighted by atomic mass is 10.1. The van der Waals surface area contributed by atoms with Gasteiger partial charge in [0, 0.05) is 23.3 Å². The Hall–Kier alpha value is -1.36. The summed E-state index contributed by atoms with van der Waals surface area (Å²) in [5.74, 6) is 0.344. The lowest BCUT2D eigenvalue weighted by Crippen LogP contribution is -2.22. The first-order chi connectivity index (χ1) is 8.01. The summed E-state index contributed by atoms with van der Waals surface area (Å²) >= 11 is 3.36. The zero-order chi connectivity index (χ0) is 13.4. The second-order valence-electron chi connectivity index (χ2n) is 3.15. The van der Waals surface area contributed by atoms with Gasteiger partial charge in [-0.3, -0.25) is 4.79 Å². The molecule has 0 rings (SSSR count). The van der Waals surface area contributed by atoms with E-state index in [9.17, 15) is 4.79 Å². The molecule has 4 nitrogen and oxygen atoms in total. The molecule has 0 aliphatic rings. The second-order valence-corrected chi connectivity index (χ2v) is 4.00. The van der Waals surface area contributed by atoms with Gasteiger partial charge in [-0.05, 0) is 19.9 Å². The van der Waals surface area contributed by atoms with Gasteiger partial charge in [0.2, 0.25) is 0 Å². The van der Waals surface area contributed by atoms with Crippen LogP contribution in [0, 0.1) is 5.41 Å². The Bertz CT molecular complexity index is 395. The first kappa shape index (κ1) is 15.6. The monoisotopic (exact) mass is 300 g/mol. The number of rotatable bonds is 5. The van der Waals surface area contributed by atoms with Gasteiger partial charge in [-0.2, -0.15) is 0 Å². The molecule has 0 spiro atoms. The fourth-order valence-corrected chi connectivity index (χ4v) is 1.42. The number of ether oxygens (including phenoxy) is 1. The van der Waals surface area contributed by atoms with Crippen molar-refractivity contribution in [2.75, 3.05) is 14.2 Å². The van der Waals surface area contributed by atoms with Crippen molar-refractivity contribution in [3.8, 4) is 0 Å². The molecule has 0 fully saturated rings. The van der Waals surface area contributed by atoms with Crippen molar-refractivity contribution < 1.29 is 9.53 Å². The molecule has 1 amide bonds. The third-order valence-corrected chi connectivity index (χ3v) is 2.97. The van der Waals surface area contributed by atoms with Crippen molar-refractivity contribution in [2.24, 2.45) is 0 Å². The predicted octanol–water partition coefficient (Wildman–Crippen LogP) is 2.53. The van der Waals surface area contributed by atoms with Crippen LogP contribution in [0.3, 0.4) is 0 Å². The van der Waals surface area contributed by atoms with Crippen LogP contribution in [0.5, 0.6) is 0 Å². The van der Waals surface area contributed by atoms with Gasteiger partial charge < -0.3 is 15.5 Å². The molecule has 0 atom stereocenters. The number of nitrogens with one attached hydrogen (secondary N) is 2. The highest BCUT2D eigenvalue weighted by Gasteiger charge is 2.12. The molecule has 0 radical (unpaired) electrons. The summed E-state index contributed by atoms with van der Waals surface area (Å²) in [6.07, 6.45) is 4.54. The molecule has 0 aromatic heterocycles. The molecule has 0 aromatic rings. The quantitative estimate of drug-likeness (QED) is 0.355. The highest BCUT2D eigenvalue weighted by atomic mass is 79.9. The Morgan fingerprint density at radius 2 is 2.00 bits per heavy atom. The van der Waals surface area contributed by atoms with Gasteiger partial charge in [-0.15, -0.1) is 0 Å². The third kappa shape index (κ3) is 4.56. The first-order valence-electron chi connectivity index (χ1n) is 5.03. The van der Waals surface area contributed by atoms with E-state index < -0.39 is 0 Å². The van der Waals surface area contributed by atoms with E-state index in [0.717, 1.165) is 10.7 Å². The Balaban J connectivity index is 5.80. The molecule has 0 saturated carbocycles. The third-order valence-electron chi connectivity index (χ3n) is 2.09. The summed E-state index contributed by atoms with van der Waals surface area (Å²) in [6.45, 7) is 3.62. The fraction of sp³-hybridized carbons (Fsp3) is 0.333. The van der Waals surface area contributed by atoms with E-state index >= 15 is 0 Å². The van der Waals surface area contributed by atoms with E-state index in [2.05, 4.69) is 21.2 Å². The molecule has 94 valence electrons. The summed E-state index contributed by atoms with van der Waals surface area (Å²) in [5, 5.41) is 9.83. The van der Waals surface area contributed by atoms with Gasteiger partial charge in [0.15, 0.2) is 0 Å². The smallest absolute Gasteiger partial charge is 0.253 e. The molecule has 0 aliphatic carbocycles. The van der Waals surface area contributed by atoms with Crippen LogP contribution in [0.1, 0.15) is 13.8 Å². The SMILES string of the molecule is C/C=C(/Br)C(/C=C(\C)OC)=C(C=N)C(=O)NC. The average molecular weight is 301 g/mol. The first-order valence-corrected chi connectivity index (χ1v) is 5.82. The maximum absolute atomic E-state index is 11.6. The topological polar surface area (TPSA) is 62.2 Å². The van der Waals surface area contributed by atoms with Gasteiger partial charge in [0.05, 0.1) is 18.4 Å². The summed E-state index contributed by atoms with van der Waals surface area (Å²) < 4.78 is 5.79. The zero-order valence-corrected chi connectivity index (χ0v) is 12.0. The number of halogens is 1. The molecule has 0 saturated heterocycles. The van der Waals surface area contributed by atoms with Crippen molar-refractivity contribution in [3.05, 3.63) is 33.5 Å². The van der Waals surface area contributed by atoms with Crippen LogP contribution < -0.4 is 5.32 Å². The summed E-state index contributed by atoms with van der Waals surface area (Å²) in [6, 6.07) is 0. The normalized spacial score (nSPS) is 13.9. The number of hydrogen-bond donors (Lipinski definition) is 2. The van der Waals surface area contributed by atoms with E-state index in [0.29, 0.717) is 11.3 Å². The van der Waals surface area contributed by atoms with Crippen LogP contribution in [-0.4, -0.2) is 26.3 Å². The van der Waals surface area contributed by atoms with Gasteiger partial charge in [-0.25, -0.2) is 0 Å². The lowest BCUT2D eigenvalue weighted by Gasteiger charge is -2.08. The van der Waals surface area contributed by atoms with Crippen molar-refractivity contribution in [1.29, 1.82) is 5.41 Å². The van der Waals surface area contributed by atoms with Crippen molar-refractivity contribution in [3.63, 3.8) is 0 Å². The van der Waals surface area contributed by atoms with Crippen molar-refractivity contribution in [2.45, 2.75) is 13.8 Å². The minimum Gasteiger partial charge on any atom is -0.501 e.